The van der Waals surface area contributed by atoms with Crippen molar-refractivity contribution >= 4 is 35.1 Å². The van der Waals surface area contributed by atoms with E-state index in [2.05, 4.69) is 32.3 Å². The lowest BCUT2D eigenvalue weighted by Crippen LogP contribution is -2.36. The maximum Gasteiger partial charge on any atom is 0.335 e. The molecule has 0 spiro atoms. The number of ether oxygens (including phenoxy) is 1. The Bertz CT molecular complexity index is 991. The zero-order valence-electron chi connectivity index (χ0n) is 15.6. The summed E-state index contributed by atoms with van der Waals surface area (Å²) in [5.41, 5.74) is 2.32. The third-order valence-corrected chi connectivity index (χ3v) is 5.36. The number of nitrogens with zero attached hydrogens (tertiary/aromatic N) is 3. The fraction of sp³-hybridized carbons (Fsp3) is 0.190. The molecule has 1 aliphatic heterocycles. The topological polar surface area (TPSA) is 87.6 Å². The number of benzene rings is 2. The van der Waals surface area contributed by atoms with Crippen molar-refractivity contribution in [1.82, 2.24) is 9.97 Å². The van der Waals surface area contributed by atoms with E-state index in [-0.39, 0.29) is 5.56 Å². The molecule has 0 bridgehead atoms. The molecular weight excluding hydrogens is 388 g/mol. The van der Waals surface area contributed by atoms with Crippen molar-refractivity contribution in [3.63, 3.8) is 0 Å². The number of carbonyl (C=O) groups is 1. The zero-order valence-corrected chi connectivity index (χ0v) is 16.4. The van der Waals surface area contributed by atoms with E-state index in [1.165, 1.54) is 17.4 Å². The van der Waals surface area contributed by atoms with Gasteiger partial charge in [-0.3, -0.25) is 0 Å². The van der Waals surface area contributed by atoms with Crippen molar-refractivity contribution in [1.29, 1.82) is 0 Å². The first kappa shape index (κ1) is 19.2. The molecule has 3 aromatic rings. The molecule has 0 atom stereocenters. The molecule has 1 fully saturated rings. The summed E-state index contributed by atoms with van der Waals surface area (Å²) in [5.74, 6) is -0.457. The Morgan fingerprint density at radius 3 is 2.66 bits per heavy atom. The van der Waals surface area contributed by atoms with E-state index < -0.39 is 5.97 Å². The lowest BCUT2D eigenvalue weighted by atomic mass is 10.2. The van der Waals surface area contributed by atoms with E-state index in [0.29, 0.717) is 5.95 Å². The predicted molar refractivity (Wildman–Crippen MR) is 112 cm³/mol. The van der Waals surface area contributed by atoms with Gasteiger partial charge in [-0.1, -0.05) is 17.8 Å². The van der Waals surface area contributed by atoms with Crippen LogP contribution in [0.4, 0.5) is 17.3 Å². The Morgan fingerprint density at radius 1 is 1.10 bits per heavy atom. The number of aromatic nitrogens is 2. The highest BCUT2D eigenvalue weighted by Crippen LogP contribution is 2.28. The maximum atomic E-state index is 11.1. The van der Waals surface area contributed by atoms with Crippen molar-refractivity contribution in [2.45, 2.75) is 9.92 Å². The molecule has 1 aliphatic rings. The molecule has 2 heterocycles. The molecule has 29 heavy (non-hydrogen) atoms. The van der Waals surface area contributed by atoms with Crippen LogP contribution in [0.25, 0.3) is 0 Å². The van der Waals surface area contributed by atoms with E-state index in [1.54, 1.807) is 30.5 Å². The van der Waals surface area contributed by atoms with Gasteiger partial charge in [0.1, 0.15) is 5.03 Å². The van der Waals surface area contributed by atoms with E-state index in [0.717, 1.165) is 41.9 Å². The van der Waals surface area contributed by atoms with E-state index in [1.807, 2.05) is 18.2 Å². The van der Waals surface area contributed by atoms with Crippen LogP contribution in [0, 0.1) is 0 Å². The molecule has 1 saturated heterocycles. The third kappa shape index (κ3) is 5.04. The van der Waals surface area contributed by atoms with Gasteiger partial charge in [0.25, 0.3) is 0 Å². The minimum Gasteiger partial charge on any atom is -0.478 e. The lowest BCUT2D eigenvalue weighted by molar-refractivity contribution is 0.0696. The van der Waals surface area contributed by atoms with Crippen molar-refractivity contribution < 1.29 is 14.6 Å². The highest BCUT2D eigenvalue weighted by molar-refractivity contribution is 7.99. The van der Waals surface area contributed by atoms with Crippen LogP contribution in [0.1, 0.15) is 10.4 Å². The van der Waals surface area contributed by atoms with Crippen LogP contribution in [0.2, 0.25) is 0 Å². The van der Waals surface area contributed by atoms with Crippen LogP contribution in [-0.2, 0) is 4.74 Å². The summed E-state index contributed by atoms with van der Waals surface area (Å²) in [6.45, 7) is 3.32. The number of morpholine rings is 1. The fourth-order valence-electron chi connectivity index (χ4n) is 2.98. The first-order valence-electron chi connectivity index (χ1n) is 9.21. The van der Waals surface area contributed by atoms with Gasteiger partial charge in [-0.25, -0.2) is 14.8 Å². The Morgan fingerprint density at radius 2 is 1.90 bits per heavy atom. The van der Waals surface area contributed by atoms with Crippen molar-refractivity contribution in [2.24, 2.45) is 0 Å². The largest absolute Gasteiger partial charge is 0.478 e. The molecule has 0 unspecified atom stereocenters. The number of rotatable bonds is 6. The molecule has 2 N–H and O–H groups in total. The van der Waals surface area contributed by atoms with E-state index in [4.69, 9.17) is 9.84 Å². The van der Waals surface area contributed by atoms with Crippen molar-refractivity contribution in [3.05, 3.63) is 66.4 Å². The molecule has 0 saturated carbocycles. The summed E-state index contributed by atoms with van der Waals surface area (Å²) in [7, 11) is 0. The number of hydrogen-bond acceptors (Lipinski definition) is 7. The summed E-state index contributed by atoms with van der Waals surface area (Å²) in [5, 5.41) is 13.1. The van der Waals surface area contributed by atoms with Crippen molar-refractivity contribution in [3.8, 4) is 0 Å². The normalized spacial score (nSPS) is 13.9. The Kier molecular flexibility index (Phi) is 5.92. The van der Waals surface area contributed by atoms with Crippen LogP contribution in [0.3, 0.4) is 0 Å². The average molecular weight is 408 g/mol. The molecular formula is C21H20N4O3S. The standard InChI is InChI=1S/C21H20N4O3S/c26-20(27)15-2-1-3-18(14-15)29-19-8-9-22-21(24-19)23-16-4-6-17(7-5-16)25-10-12-28-13-11-25/h1-9,14H,10-13H2,(H,26,27)(H,22,23,24). The summed E-state index contributed by atoms with van der Waals surface area (Å²) >= 11 is 1.39. The Hall–Kier alpha value is -3.10. The van der Waals surface area contributed by atoms with Gasteiger partial charge < -0.3 is 20.1 Å². The lowest BCUT2D eigenvalue weighted by Gasteiger charge is -2.28. The summed E-state index contributed by atoms with van der Waals surface area (Å²) in [4.78, 5) is 23.0. The summed E-state index contributed by atoms with van der Waals surface area (Å²) < 4.78 is 5.39. The number of hydrogen-bond donors (Lipinski definition) is 2. The Labute approximate surface area is 172 Å². The molecule has 2 aromatic carbocycles. The highest BCUT2D eigenvalue weighted by Gasteiger charge is 2.11. The highest BCUT2D eigenvalue weighted by atomic mass is 32.2. The number of aromatic carboxylic acids is 1. The van der Waals surface area contributed by atoms with Gasteiger partial charge in [0, 0.05) is 35.6 Å². The maximum absolute atomic E-state index is 11.1. The van der Waals surface area contributed by atoms with Gasteiger partial charge in [-0.05, 0) is 48.5 Å². The molecule has 0 radical (unpaired) electrons. The predicted octanol–water partition coefficient (Wildman–Crippen LogP) is 3.91. The van der Waals surface area contributed by atoms with Crippen molar-refractivity contribution in [2.75, 3.05) is 36.5 Å². The van der Waals surface area contributed by atoms with Gasteiger partial charge in [0.15, 0.2) is 0 Å². The first-order chi connectivity index (χ1) is 14.2. The zero-order chi connectivity index (χ0) is 20.1. The quantitative estimate of drug-likeness (QED) is 0.594. The van der Waals surface area contributed by atoms with Gasteiger partial charge in [-0.2, -0.15) is 0 Å². The number of carboxylic acid groups (broad SMARTS) is 1. The molecule has 0 amide bonds. The van der Waals surface area contributed by atoms with Crippen LogP contribution >= 0.6 is 11.8 Å². The van der Waals surface area contributed by atoms with Gasteiger partial charge in [0.2, 0.25) is 5.95 Å². The second kappa shape index (κ2) is 8.93. The second-order valence-electron chi connectivity index (χ2n) is 6.42. The van der Waals surface area contributed by atoms with Gasteiger partial charge >= 0.3 is 5.97 Å². The van der Waals surface area contributed by atoms with E-state index >= 15 is 0 Å². The summed E-state index contributed by atoms with van der Waals surface area (Å²) in [6, 6.07) is 16.7. The Balaban J connectivity index is 1.43. The smallest absolute Gasteiger partial charge is 0.335 e. The fourth-order valence-corrected chi connectivity index (χ4v) is 3.81. The first-order valence-corrected chi connectivity index (χ1v) is 10.0. The molecule has 0 aliphatic carbocycles. The van der Waals surface area contributed by atoms with Crippen LogP contribution < -0.4 is 10.2 Å². The molecule has 4 rings (SSSR count). The van der Waals surface area contributed by atoms with E-state index in [9.17, 15) is 4.79 Å². The molecule has 7 nitrogen and oxygen atoms in total. The summed E-state index contributed by atoms with van der Waals surface area (Å²) in [6.07, 6.45) is 1.68. The number of anilines is 3. The molecule has 148 valence electrons. The van der Waals surface area contributed by atoms with Crippen LogP contribution in [0.15, 0.2) is 70.7 Å². The third-order valence-electron chi connectivity index (χ3n) is 4.43. The SMILES string of the molecule is O=C(O)c1cccc(Sc2ccnc(Nc3ccc(N4CCOCC4)cc3)n2)c1. The van der Waals surface area contributed by atoms with Gasteiger partial charge in [0.05, 0.1) is 18.8 Å². The minimum absolute atomic E-state index is 0.253. The van der Waals surface area contributed by atoms with Crippen LogP contribution in [-0.4, -0.2) is 47.3 Å². The molecule has 8 heteroatoms. The van der Waals surface area contributed by atoms with Crippen LogP contribution in [0.5, 0.6) is 0 Å². The number of nitrogens with one attached hydrogen (secondary N) is 1. The number of carboxylic acids is 1. The minimum atomic E-state index is -0.946. The molecule has 1 aromatic heterocycles. The monoisotopic (exact) mass is 408 g/mol. The van der Waals surface area contributed by atoms with Gasteiger partial charge in [-0.15, -0.1) is 0 Å². The second-order valence-corrected chi connectivity index (χ2v) is 7.52. The average Bonchev–Trinajstić information content (AvgIpc) is 2.75.